The highest BCUT2D eigenvalue weighted by Gasteiger charge is 2.09. The SMILES string of the molecule is Cn1c(Cc2ccccc2CN)nc2ccccc21. The normalized spacial score (nSPS) is 11.1. The molecule has 0 fully saturated rings. The van der Waals surface area contributed by atoms with Crippen LogP contribution in [-0.4, -0.2) is 9.55 Å². The van der Waals surface area contributed by atoms with Gasteiger partial charge in [-0.15, -0.1) is 0 Å². The lowest BCUT2D eigenvalue weighted by molar-refractivity contribution is 0.837. The number of imidazole rings is 1. The number of nitrogens with two attached hydrogens (primary N) is 1. The van der Waals surface area contributed by atoms with Gasteiger partial charge in [-0.05, 0) is 23.3 Å². The van der Waals surface area contributed by atoms with E-state index in [0.29, 0.717) is 6.54 Å². The van der Waals surface area contributed by atoms with Gasteiger partial charge in [0.2, 0.25) is 0 Å². The Bertz CT molecular complexity index is 713. The molecule has 0 aliphatic carbocycles. The van der Waals surface area contributed by atoms with Gasteiger partial charge in [0.05, 0.1) is 11.0 Å². The van der Waals surface area contributed by atoms with Gasteiger partial charge < -0.3 is 10.3 Å². The van der Waals surface area contributed by atoms with Gasteiger partial charge in [-0.25, -0.2) is 4.98 Å². The van der Waals surface area contributed by atoms with Crippen LogP contribution in [0, 0.1) is 0 Å². The average molecular weight is 251 g/mol. The molecule has 0 unspecified atom stereocenters. The number of aromatic nitrogens is 2. The van der Waals surface area contributed by atoms with Crippen LogP contribution in [0.5, 0.6) is 0 Å². The first kappa shape index (κ1) is 11.9. The Balaban J connectivity index is 2.03. The van der Waals surface area contributed by atoms with Gasteiger partial charge in [-0.2, -0.15) is 0 Å². The minimum atomic E-state index is 0.570. The molecule has 3 aromatic rings. The number of nitrogens with zero attached hydrogens (tertiary/aromatic N) is 2. The fourth-order valence-corrected chi connectivity index (χ4v) is 2.45. The van der Waals surface area contributed by atoms with Crippen LogP contribution in [-0.2, 0) is 20.0 Å². The lowest BCUT2D eigenvalue weighted by Gasteiger charge is -2.07. The van der Waals surface area contributed by atoms with Crippen molar-refractivity contribution in [2.75, 3.05) is 0 Å². The molecule has 0 amide bonds. The maximum Gasteiger partial charge on any atom is 0.114 e. The van der Waals surface area contributed by atoms with Crippen LogP contribution in [0.25, 0.3) is 11.0 Å². The molecule has 1 heterocycles. The smallest absolute Gasteiger partial charge is 0.114 e. The van der Waals surface area contributed by atoms with Crippen LogP contribution >= 0.6 is 0 Å². The van der Waals surface area contributed by atoms with E-state index in [1.165, 1.54) is 16.6 Å². The summed E-state index contributed by atoms with van der Waals surface area (Å²) in [6, 6.07) is 16.5. The van der Waals surface area contributed by atoms with E-state index in [1.54, 1.807) is 0 Å². The molecule has 0 radical (unpaired) electrons. The number of rotatable bonds is 3. The molecule has 0 spiro atoms. The van der Waals surface area contributed by atoms with Gasteiger partial charge in [-0.3, -0.25) is 0 Å². The fourth-order valence-electron chi connectivity index (χ4n) is 2.45. The molecule has 0 saturated carbocycles. The van der Waals surface area contributed by atoms with Crippen molar-refractivity contribution in [1.29, 1.82) is 0 Å². The third-order valence-electron chi connectivity index (χ3n) is 3.57. The Labute approximate surface area is 112 Å². The number of aryl methyl sites for hydroxylation is 1. The second-order valence-corrected chi connectivity index (χ2v) is 4.73. The van der Waals surface area contributed by atoms with Gasteiger partial charge >= 0.3 is 0 Å². The van der Waals surface area contributed by atoms with E-state index in [9.17, 15) is 0 Å². The first-order chi connectivity index (χ1) is 9.29. The van der Waals surface area contributed by atoms with Crippen LogP contribution in [0.2, 0.25) is 0 Å². The van der Waals surface area contributed by atoms with Gasteiger partial charge in [0.15, 0.2) is 0 Å². The molecule has 2 aromatic carbocycles. The first-order valence-corrected chi connectivity index (χ1v) is 6.47. The molecule has 0 aliphatic heterocycles. The number of benzene rings is 2. The van der Waals surface area contributed by atoms with Crippen LogP contribution in [0.3, 0.4) is 0 Å². The number of hydrogen-bond acceptors (Lipinski definition) is 2. The maximum absolute atomic E-state index is 5.79. The molecule has 19 heavy (non-hydrogen) atoms. The second kappa shape index (κ2) is 4.86. The lowest BCUT2D eigenvalue weighted by Crippen LogP contribution is -2.05. The third kappa shape index (κ3) is 2.13. The highest BCUT2D eigenvalue weighted by molar-refractivity contribution is 5.75. The summed E-state index contributed by atoms with van der Waals surface area (Å²) in [5.41, 5.74) is 10.4. The molecule has 3 heteroatoms. The van der Waals surface area contributed by atoms with Crippen molar-refractivity contribution in [2.45, 2.75) is 13.0 Å². The highest BCUT2D eigenvalue weighted by Crippen LogP contribution is 2.18. The van der Waals surface area contributed by atoms with Gasteiger partial charge in [-0.1, -0.05) is 36.4 Å². The average Bonchev–Trinajstić information content (AvgIpc) is 2.77. The Kier molecular flexibility index (Phi) is 3.05. The fraction of sp³-hybridized carbons (Fsp3) is 0.188. The van der Waals surface area contributed by atoms with E-state index < -0.39 is 0 Å². The molecule has 0 atom stereocenters. The topological polar surface area (TPSA) is 43.8 Å². The Morgan fingerprint density at radius 2 is 1.68 bits per heavy atom. The van der Waals surface area contributed by atoms with Crippen LogP contribution in [0.1, 0.15) is 17.0 Å². The van der Waals surface area contributed by atoms with E-state index in [4.69, 9.17) is 10.7 Å². The van der Waals surface area contributed by atoms with Gasteiger partial charge in [0, 0.05) is 20.0 Å². The monoisotopic (exact) mass is 251 g/mol. The molecule has 0 aliphatic rings. The van der Waals surface area contributed by atoms with Crippen molar-refractivity contribution in [3.05, 3.63) is 65.5 Å². The molecule has 0 saturated heterocycles. The highest BCUT2D eigenvalue weighted by atomic mass is 15.1. The molecular weight excluding hydrogens is 234 g/mol. The standard InChI is InChI=1S/C16H17N3/c1-19-15-9-5-4-8-14(15)18-16(19)10-12-6-2-3-7-13(12)11-17/h2-9H,10-11,17H2,1H3. The molecule has 3 rings (SSSR count). The Morgan fingerprint density at radius 3 is 2.42 bits per heavy atom. The van der Waals surface area contributed by atoms with E-state index >= 15 is 0 Å². The molecule has 1 aromatic heterocycles. The van der Waals surface area contributed by atoms with Crippen molar-refractivity contribution < 1.29 is 0 Å². The van der Waals surface area contributed by atoms with Crippen molar-refractivity contribution in [1.82, 2.24) is 9.55 Å². The maximum atomic E-state index is 5.79. The van der Waals surface area contributed by atoms with E-state index in [-0.39, 0.29) is 0 Å². The molecular formula is C16H17N3. The minimum Gasteiger partial charge on any atom is -0.331 e. The zero-order chi connectivity index (χ0) is 13.2. The predicted octanol–water partition coefficient (Wildman–Crippen LogP) is 2.62. The van der Waals surface area contributed by atoms with Crippen molar-refractivity contribution in [3.8, 4) is 0 Å². The quantitative estimate of drug-likeness (QED) is 0.777. The van der Waals surface area contributed by atoms with Crippen LogP contribution in [0.15, 0.2) is 48.5 Å². The molecule has 0 bridgehead atoms. The molecule has 96 valence electrons. The summed E-state index contributed by atoms with van der Waals surface area (Å²) < 4.78 is 2.16. The zero-order valence-corrected chi connectivity index (χ0v) is 11.0. The largest absolute Gasteiger partial charge is 0.331 e. The van der Waals surface area contributed by atoms with E-state index in [2.05, 4.69) is 35.9 Å². The van der Waals surface area contributed by atoms with Crippen molar-refractivity contribution in [3.63, 3.8) is 0 Å². The van der Waals surface area contributed by atoms with Crippen molar-refractivity contribution >= 4 is 11.0 Å². The van der Waals surface area contributed by atoms with Crippen LogP contribution < -0.4 is 5.73 Å². The summed E-state index contributed by atoms with van der Waals surface area (Å²) in [6.07, 6.45) is 0.818. The molecule has 3 nitrogen and oxygen atoms in total. The first-order valence-electron chi connectivity index (χ1n) is 6.47. The minimum absolute atomic E-state index is 0.570. The third-order valence-corrected chi connectivity index (χ3v) is 3.57. The summed E-state index contributed by atoms with van der Waals surface area (Å²) >= 11 is 0. The second-order valence-electron chi connectivity index (χ2n) is 4.73. The van der Waals surface area contributed by atoms with Gasteiger partial charge in [0.25, 0.3) is 0 Å². The van der Waals surface area contributed by atoms with Crippen LogP contribution in [0.4, 0.5) is 0 Å². The number of hydrogen-bond donors (Lipinski definition) is 1. The number of fused-ring (bicyclic) bond motifs is 1. The molecule has 2 N–H and O–H groups in total. The predicted molar refractivity (Wildman–Crippen MR) is 77.9 cm³/mol. The van der Waals surface area contributed by atoms with Crippen molar-refractivity contribution in [2.24, 2.45) is 12.8 Å². The Morgan fingerprint density at radius 1 is 1.00 bits per heavy atom. The number of para-hydroxylation sites is 2. The Hall–Kier alpha value is -2.13. The summed E-state index contributed by atoms with van der Waals surface area (Å²) in [5, 5.41) is 0. The summed E-state index contributed by atoms with van der Waals surface area (Å²) in [4.78, 5) is 4.71. The van der Waals surface area contributed by atoms with Gasteiger partial charge in [0.1, 0.15) is 5.82 Å². The van der Waals surface area contributed by atoms with E-state index in [1.807, 2.05) is 24.3 Å². The zero-order valence-electron chi connectivity index (χ0n) is 11.0. The lowest BCUT2D eigenvalue weighted by atomic mass is 10.0. The summed E-state index contributed by atoms with van der Waals surface area (Å²) in [6.45, 7) is 0.570. The summed E-state index contributed by atoms with van der Waals surface area (Å²) in [7, 11) is 2.07. The summed E-state index contributed by atoms with van der Waals surface area (Å²) in [5.74, 6) is 1.07. The van der Waals surface area contributed by atoms with E-state index in [0.717, 1.165) is 17.8 Å².